The average Bonchev–Trinajstić information content (AvgIpc) is 2.37. The summed E-state index contributed by atoms with van der Waals surface area (Å²) in [5.41, 5.74) is 6.41. The van der Waals surface area contributed by atoms with Gasteiger partial charge in [0.2, 0.25) is 5.91 Å². The van der Waals surface area contributed by atoms with Crippen molar-refractivity contribution < 1.29 is 4.79 Å². The predicted octanol–water partition coefficient (Wildman–Crippen LogP) is 3.34. The number of hydrogen-bond acceptors (Lipinski definition) is 2. The van der Waals surface area contributed by atoms with Crippen LogP contribution in [0.1, 0.15) is 13.8 Å². The Labute approximate surface area is 124 Å². The highest BCUT2D eigenvalue weighted by Crippen LogP contribution is 2.20. The second-order valence-electron chi connectivity index (χ2n) is 5.18. The first-order valence-electron chi connectivity index (χ1n) is 6.58. The summed E-state index contributed by atoms with van der Waals surface area (Å²) in [6.45, 7) is 3.87. The molecule has 0 aliphatic carbocycles. The number of carbonyl (C=O) groups excluding carboxylic acids is 1. The Morgan fingerprint density at radius 2 is 1.80 bits per heavy atom. The smallest absolute Gasteiger partial charge is 0.234 e. The predicted molar refractivity (Wildman–Crippen MR) is 87.7 cm³/mol. The minimum atomic E-state index is -0.448. The molecule has 0 spiro atoms. The highest BCUT2D eigenvalue weighted by atomic mass is 32.1. The fourth-order valence-electron chi connectivity index (χ4n) is 2.25. The van der Waals surface area contributed by atoms with E-state index in [0.717, 1.165) is 16.5 Å². The molecule has 3 N–H and O–H groups in total. The molecule has 2 aromatic carbocycles. The maximum absolute atomic E-state index is 12.3. The highest BCUT2D eigenvalue weighted by Gasteiger charge is 2.24. The van der Waals surface area contributed by atoms with Crippen LogP contribution < -0.4 is 11.1 Å². The Morgan fingerprint density at radius 1 is 1.15 bits per heavy atom. The number of amides is 1. The van der Waals surface area contributed by atoms with Crippen LogP contribution >= 0.6 is 12.2 Å². The van der Waals surface area contributed by atoms with Crippen molar-refractivity contribution in [1.82, 2.24) is 0 Å². The van der Waals surface area contributed by atoms with Crippen LogP contribution in [-0.2, 0) is 4.79 Å². The number of rotatable bonds is 4. The first-order chi connectivity index (χ1) is 9.49. The Kier molecular flexibility index (Phi) is 4.35. The highest BCUT2D eigenvalue weighted by molar-refractivity contribution is 7.80. The van der Waals surface area contributed by atoms with Crippen molar-refractivity contribution in [3.05, 3.63) is 42.5 Å². The molecule has 0 radical (unpaired) electrons. The van der Waals surface area contributed by atoms with Gasteiger partial charge >= 0.3 is 0 Å². The van der Waals surface area contributed by atoms with E-state index >= 15 is 0 Å². The quantitative estimate of drug-likeness (QED) is 0.848. The van der Waals surface area contributed by atoms with Gasteiger partial charge in [0, 0.05) is 5.69 Å². The number of carbonyl (C=O) groups is 1. The van der Waals surface area contributed by atoms with Gasteiger partial charge in [-0.15, -0.1) is 0 Å². The van der Waals surface area contributed by atoms with E-state index < -0.39 is 5.92 Å². The van der Waals surface area contributed by atoms with E-state index in [-0.39, 0.29) is 16.8 Å². The van der Waals surface area contributed by atoms with E-state index in [1.807, 2.05) is 56.3 Å². The Morgan fingerprint density at radius 3 is 2.40 bits per heavy atom. The van der Waals surface area contributed by atoms with Gasteiger partial charge in [-0.2, -0.15) is 0 Å². The number of nitrogens with one attached hydrogen (secondary N) is 1. The first kappa shape index (κ1) is 14.5. The molecule has 2 rings (SSSR count). The monoisotopic (exact) mass is 286 g/mol. The second kappa shape index (κ2) is 6.01. The van der Waals surface area contributed by atoms with E-state index in [1.165, 1.54) is 0 Å². The van der Waals surface area contributed by atoms with Crippen molar-refractivity contribution >= 4 is 39.6 Å². The van der Waals surface area contributed by atoms with Crippen molar-refractivity contribution in [2.24, 2.45) is 17.6 Å². The topological polar surface area (TPSA) is 55.1 Å². The third kappa shape index (κ3) is 3.14. The molecular weight excluding hydrogens is 268 g/mol. The normalized spacial score (nSPS) is 12.3. The van der Waals surface area contributed by atoms with Gasteiger partial charge in [0.1, 0.15) is 0 Å². The largest absolute Gasteiger partial charge is 0.393 e. The van der Waals surface area contributed by atoms with Gasteiger partial charge in [0.25, 0.3) is 0 Å². The van der Waals surface area contributed by atoms with Crippen molar-refractivity contribution in [2.75, 3.05) is 5.32 Å². The lowest BCUT2D eigenvalue weighted by atomic mass is 9.95. The molecule has 1 amide bonds. The maximum Gasteiger partial charge on any atom is 0.234 e. The molecule has 0 saturated carbocycles. The summed E-state index contributed by atoms with van der Waals surface area (Å²) < 4.78 is 0. The van der Waals surface area contributed by atoms with Crippen LogP contribution in [0.15, 0.2) is 42.5 Å². The zero-order chi connectivity index (χ0) is 14.7. The Hall–Kier alpha value is -1.94. The minimum absolute atomic E-state index is 0.0768. The van der Waals surface area contributed by atoms with E-state index in [0.29, 0.717) is 0 Å². The zero-order valence-corrected chi connectivity index (χ0v) is 12.4. The van der Waals surface area contributed by atoms with Crippen LogP contribution in [-0.4, -0.2) is 10.9 Å². The van der Waals surface area contributed by atoms with Crippen LogP contribution in [0.4, 0.5) is 5.69 Å². The number of nitrogens with two attached hydrogens (primary N) is 1. The van der Waals surface area contributed by atoms with Crippen LogP contribution in [0.5, 0.6) is 0 Å². The van der Waals surface area contributed by atoms with Crippen molar-refractivity contribution in [1.29, 1.82) is 0 Å². The average molecular weight is 286 g/mol. The van der Waals surface area contributed by atoms with Gasteiger partial charge < -0.3 is 11.1 Å². The SMILES string of the molecule is CC(C)C(C(=O)Nc1ccc2ccccc2c1)C(N)=S. The molecule has 3 nitrogen and oxygen atoms in total. The summed E-state index contributed by atoms with van der Waals surface area (Å²) in [6.07, 6.45) is 0. The molecular formula is C16H18N2OS. The fourth-order valence-corrected chi connectivity index (χ4v) is 2.63. The van der Waals surface area contributed by atoms with Crippen molar-refractivity contribution in [2.45, 2.75) is 13.8 Å². The molecule has 104 valence electrons. The molecule has 0 saturated heterocycles. The van der Waals surface area contributed by atoms with Crippen LogP contribution in [0.25, 0.3) is 10.8 Å². The number of thiocarbonyl (C=S) groups is 1. The molecule has 2 aromatic rings. The summed E-state index contributed by atoms with van der Waals surface area (Å²) in [5, 5.41) is 5.11. The molecule has 1 unspecified atom stereocenters. The third-order valence-electron chi connectivity index (χ3n) is 3.27. The van der Waals surface area contributed by atoms with Gasteiger partial charge in [-0.05, 0) is 28.8 Å². The molecule has 0 aromatic heterocycles. The van der Waals surface area contributed by atoms with Gasteiger partial charge in [0.05, 0.1) is 10.9 Å². The molecule has 0 aliphatic heterocycles. The van der Waals surface area contributed by atoms with E-state index in [2.05, 4.69) is 5.32 Å². The van der Waals surface area contributed by atoms with Crippen molar-refractivity contribution in [3.8, 4) is 0 Å². The van der Waals surface area contributed by atoms with E-state index in [1.54, 1.807) is 0 Å². The van der Waals surface area contributed by atoms with Crippen LogP contribution in [0.3, 0.4) is 0 Å². The van der Waals surface area contributed by atoms with Crippen LogP contribution in [0, 0.1) is 11.8 Å². The third-order valence-corrected chi connectivity index (χ3v) is 3.53. The summed E-state index contributed by atoms with van der Waals surface area (Å²) in [4.78, 5) is 12.5. The second-order valence-corrected chi connectivity index (χ2v) is 5.65. The summed E-state index contributed by atoms with van der Waals surface area (Å²) in [6, 6.07) is 13.8. The van der Waals surface area contributed by atoms with E-state index in [4.69, 9.17) is 18.0 Å². The lowest BCUT2D eigenvalue weighted by Crippen LogP contribution is -2.36. The molecule has 0 heterocycles. The lowest BCUT2D eigenvalue weighted by Gasteiger charge is -2.19. The molecule has 4 heteroatoms. The van der Waals surface area contributed by atoms with Gasteiger partial charge in [0.15, 0.2) is 0 Å². The van der Waals surface area contributed by atoms with Gasteiger partial charge in [-0.1, -0.05) is 56.4 Å². The fraction of sp³-hybridized carbons (Fsp3) is 0.250. The first-order valence-corrected chi connectivity index (χ1v) is 6.99. The number of fused-ring (bicyclic) bond motifs is 1. The number of benzene rings is 2. The Balaban J connectivity index is 2.23. The zero-order valence-electron chi connectivity index (χ0n) is 11.6. The summed E-state index contributed by atoms with van der Waals surface area (Å²) in [7, 11) is 0. The molecule has 0 bridgehead atoms. The molecule has 20 heavy (non-hydrogen) atoms. The molecule has 0 fully saturated rings. The van der Waals surface area contributed by atoms with Crippen molar-refractivity contribution in [3.63, 3.8) is 0 Å². The standard InChI is InChI=1S/C16H18N2OS/c1-10(2)14(15(17)20)16(19)18-13-8-7-11-5-3-4-6-12(11)9-13/h3-10,14H,1-2H3,(H2,17,20)(H,18,19). The van der Waals surface area contributed by atoms with E-state index in [9.17, 15) is 4.79 Å². The maximum atomic E-state index is 12.3. The number of anilines is 1. The lowest BCUT2D eigenvalue weighted by molar-refractivity contribution is -0.118. The molecule has 0 aliphatic rings. The number of hydrogen-bond donors (Lipinski definition) is 2. The van der Waals surface area contributed by atoms with Gasteiger partial charge in [-0.25, -0.2) is 0 Å². The summed E-state index contributed by atoms with van der Waals surface area (Å²) >= 11 is 4.98. The molecule has 1 atom stereocenters. The Bertz CT molecular complexity index is 652. The van der Waals surface area contributed by atoms with Crippen LogP contribution in [0.2, 0.25) is 0 Å². The minimum Gasteiger partial charge on any atom is -0.393 e. The van der Waals surface area contributed by atoms with Gasteiger partial charge in [-0.3, -0.25) is 4.79 Å². The summed E-state index contributed by atoms with van der Waals surface area (Å²) in [5.74, 6) is -0.521.